The number of methoxy groups -OCH3 is 1. The summed E-state index contributed by atoms with van der Waals surface area (Å²) in [5.74, 6) is -0.502. The molecule has 1 heterocycles. The fourth-order valence-electron chi connectivity index (χ4n) is 1.76. The minimum atomic E-state index is -3.91. The first-order valence-electron chi connectivity index (χ1n) is 6.00. The van der Waals surface area contributed by atoms with Crippen LogP contribution in [-0.4, -0.2) is 28.5 Å². The number of carbonyl (C=O) groups excluding carboxylic acids is 1. The molecule has 0 amide bonds. The zero-order chi connectivity index (χ0) is 17.4. The second kappa shape index (κ2) is 6.98. The zero-order valence-electron chi connectivity index (χ0n) is 11.8. The number of rotatable bonds is 4. The Labute approximate surface area is 155 Å². The number of nitrogens with zero attached hydrogens (tertiary/aromatic N) is 1. The summed E-state index contributed by atoms with van der Waals surface area (Å²) in [5, 5.41) is 0. The maximum Gasteiger partial charge on any atom is 0.337 e. The van der Waals surface area contributed by atoms with Crippen LogP contribution >= 0.6 is 50.5 Å². The van der Waals surface area contributed by atoms with Gasteiger partial charge < -0.3 is 4.74 Å². The molecule has 0 unspecified atom stereocenters. The standard InChI is InChI=1S/C13H10BrCl2NO4S2/c1-17(8-5-3-7(4-6-8)13(18)21-2)23(19,20)10-9(14)11(15)22-12(10)16/h3-6H,1-2H3. The fraction of sp³-hybridized carbons (Fsp3) is 0.154. The highest BCUT2D eigenvalue weighted by Crippen LogP contribution is 2.44. The maximum absolute atomic E-state index is 12.7. The van der Waals surface area contributed by atoms with E-state index in [2.05, 4.69) is 20.7 Å². The van der Waals surface area contributed by atoms with E-state index in [0.29, 0.717) is 11.3 Å². The van der Waals surface area contributed by atoms with Crippen LogP contribution in [0.4, 0.5) is 5.69 Å². The molecule has 0 saturated carbocycles. The Bertz CT molecular complexity index is 850. The van der Waals surface area contributed by atoms with Crippen LogP contribution < -0.4 is 4.31 Å². The highest BCUT2D eigenvalue weighted by Gasteiger charge is 2.30. The van der Waals surface area contributed by atoms with Gasteiger partial charge in [-0.25, -0.2) is 13.2 Å². The lowest BCUT2D eigenvalue weighted by molar-refractivity contribution is 0.0601. The molecule has 0 bridgehead atoms. The Morgan fingerprint density at radius 1 is 1.22 bits per heavy atom. The molecule has 0 atom stereocenters. The number of ether oxygens (including phenoxy) is 1. The van der Waals surface area contributed by atoms with Crippen molar-refractivity contribution in [3.8, 4) is 0 Å². The van der Waals surface area contributed by atoms with Gasteiger partial charge in [-0.15, -0.1) is 11.3 Å². The van der Waals surface area contributed by atoms with Crippen molar-refractivity contribution in [1.82, 2.24) is 0 Å². The summed E-state index contributed by atoms with van der Waals surface area (Å²) < 4.78 is 31.7. The van der Waals surface area contributed by atoms with Crippen LogP contribution in [0, 0.1) is 0 Å². The Morgan fingerprint density at radius 3 is 2.22 bits per heavy atom. The van der Waals surface area contributed by atoms with E-state index in [0.717, 1.165) is 15.6 Å². The topological polar surface area (TPSA) is 63.7 Å². The molecule has 124 valence electrons. The second-order valence-electron chi connectivity index (χ2n) is 4.30. The molecule has 23 heavy (non-hydrogen) atoms. The number of thiophene rings is 1. The van der Waals surface area contributed by atoms with Gasteiger partial charge in [0.25, 0.3) is 10.0 Å². The Hall–Kier alpha value is -0.800. The Balaban J connectivity index is 2.42. The largest absolute Gasteiger partial charge is 0.465 e. The van der Waals surface area contributed by atoms with Crippen molar-refractivity contribution < 1.29 is 17.9 Å². The van der Waals surface area contributed by atoms with Crippen molar-refractivity contribution in [2.45, 2.75) is 4.90 Å². The minimum Gasteiger partial charge on any atom is -0.465 e. The second-order valence-corrected chi connectivity index (χ2v) is 9.23. The summed E-state index contributed by atoms with van der Waals surface area (Å²) in [5.41, 5.74) is 0.683. The summed E-state index contributed by atoms with van der Waals surface area (Å²) in [6.45, 7) is 0. The normalized spacial score (nSPS) is 11.3. The first-order valence-corrected chi connectivity index (χ1v) is 9.81. The molecule has 0 saturated heterocycles. The number of esters is 1. The number of hydrogen-bond donors (Lipinski definition) is 0. The molecule has 1 aromatic carbocycles. The Kier molecular flexibility index (Phi) is 5.63. The third-order valence-electron chi connectivity index (χ3n) is 3.00. The van der Waals surface area contributed by atoms with Crippen molar-refractivity contribution in [2.24, 2.45) is 0 Å². The lowest BCUT2D eigenvalue weighted by Gasteiger charge is -2.19. The molecule has 0 aliphatic rings. The van der Waals surface area contributed by atoms with Gasteiger partial charge in [-0.3, -0.25) is 4.31 Å². The minimum absolute atomic E-state index is 0.0694. The highest BCUT2D eigenvalue weighted by molar-refractivity contribution is 9.10. The van der Waals surface area contributed by atoms with E-state index in [1.54, 1.807) is 0 Å². The van der Waals surface area contributed by atoms with Gasteiger partial charge in [-0.05, 0) is 40.2 Å². The average molecular weight is 459 g/mol. The molecule has 5 nitrogen and oxygen atoms in total. The van der Waals surface area contributed by atoms with E-state index in [9.17, 15) is 13.2 Å². The average Bonchev–Trinajstić information content (AvgIpc) is 2.79. The van der Waals surface area contributed by atoms with Crippen molar-refractivity contribution in [2.75, 3.05) is 18.5 Å². The molecule has 0 aliphatic heterocycles. The van der Waals surface area contributed by atoms with E-state index in [4.69, 9.17) is 23.2 Å². The maximum atomic E-state index is 12.7. The van der Waals surface area contributed by atoms with Crippen molar-refractivity contribution in [3.05, 3.63) is 43.0 Å². The van der Waals surface area contributed by atoms with Crippen molar-refractivity contribution in [1.29, 1.82) is 0 Å². The van der Waals surface area contributed by atoms with Gasteiger partial charge in [0.05, 0.1) is 22.8 Å². The number of benzene rings is 1. The molecule has 2 aromatic rings. The number of halogens is 3. The SMILES string of the molecule is COC(=O)c1ccc(N(C)S(=O)(=O)c2c(Cl)sc(Cl)c2Br)cc1. The summed E-state index contributed by atoms with van der Waals surface area (Å²) >= 11 is 16.0. The molecular formula is C13H10BrCl2NO4S2. The van der Waals surface area contributed by atoms with Gasteiger partial charge in [0, 0.05) is 7.05 Å². The van der Waals surface area contributed by atoms with Crippen LogP contribution in [-0.2, 0) is 14.8 Å². The molecule has 0 N–H and O–H groups in total. The predicted octanol–water partition coefficient (Wildman–Crippen LogP) is 4.43. The third-order valence-corrected chi connectivity index (χ3v) is 8.25. The van der Waals surface area contributed by atoms with Gasteiger partial charge in [-0.1, -0.05) is 23.2 Å². The summed E-state index contributed by atoms with van der Waals surface area (Å²) in [6.07, 6.45) is 0. The van der Waals surface area contributed by atoms with Gasteiger partial charge in [-0.2, -0.15) is 0 Å². The number of carbonyl (C=O) groups is 1. The fourth-order valence-corrected chi connectivity index (χ4v) is 6.43. The lowest BCUT2D eigenvalue weighted by atomic mass is 10.2. The number of sulfonamides is 1. The predicted molar refractivity (Wildman–Crippen MR) is 95.4 cm³/mol. The van der Waals surface area contributed by atoms with Gasteiger partial charge >= 0.3 is 5.97 Å². The van der Waals surface area contributed by atoms with Crippen LogP contribution in [0.25, 0.3) is 0 Å². The first-order chi connectivity index (χ1) is 10.7. The van der Waals surface area contributed by atoms with Crippen LogP contribution in [0.1, 0.15) is 10.4 Å². The Morgan fingerprint density at radius 2 is 1.78 bits per heavy atom. The van der Waals surface area contributed by atoms with Gasteiger partial charge in [0.2, 0.25) is 0 Å². The van der Waals surface area contributed by atoms with E-state index < -0.39 is 16.0 Å². The molecular weight excluding hydrogens is 449 g/mol. The van der Waals surface area contributed by atoms with E-state index in [1.807, 2.05) is 0 Å². The monoisotopic (exact) mass is 457 g/mol. The van der Waals surface area contributed by atoms with E-state index >= 15 is 0 Å². The molecule has 0 aliphatic carbocycles. The van der Waals surface area contributed by atoms with Crippen LogP contribution in [0.2, 0.25) is 8.67 Å². The van der Waals surface area contributed by atoms with E-state index in [1.165, 1.54) is 38.4 Å². The summed E-state index contributed by atoms with van der Waals surface area (Å²) in [4.78, 5) is 11.3. The molecule has 0 spiro atoms. The molecule has 2 rings (SSSR count). The molecule has 10 heteroatoms. The first kappa shape index (κ1) is 18.5. The zero-order valence-corrected chi connectivity index (χ0v) is 16.6. The summed E-state index contributed by atoms with van der Waals surface area (Å²) in [7, 11) is -1.25. The van der Waals surface area contributed by atoms with Crippen molar-refractivity contribution in [3.63, 3.8) is 0 Å². The van der Waals surface area contributed by atoms with Crippen LogP contribution in [0.15, 0.2) is 33.6 Å². The molecule has 1 aromatic heterocycles. The van der Waals surface area contributed by atoms with Crippen LogP contribution in [0.5, 0.6) is 0 Å². The lowest BCUT2D eigenvalue weighted by Crippen LogP contribution is -2.26. The van der Waals surface area contributed by atoms with E-state index in [-0.39, 0.29) is 18.0 Å². The van der Waals surface area contributed by atoms with Crippen molar-refractivity contribution >= 4 is 72.1 Å². The van der Waals surface area contributed by atoms with Gasteiger partial charge in [0.1, 0.15) is 13.6 Å². The van der Waals surface area contributed by atoms with Gasteiger partial charge in [0.15, 0.2) is 0 Å². The number of anilines is 1. The van der Waals surface area contributed by atoms with Crippen LogP contribution in [0.3, 0.4) is 0 Å². The number of hydrogen-bond acceptors (Lipinski definition) is 5. The highest BCUT2D eigenvalue weighted by atomic mass is 79.9. The smallest absolute Gasteiger partial charge is 0.337 e. The summed E-state index contributed by atoms with van der Waals surface area (Å²) in [6, 6.07) is 5.95. The quantitative estimate of drug-likeness (QED) is 0.635. The molecule has 0 fully saturated rings. The third kappa shape index (κ3) is 3.51. The molecule has 0 radical (unpaired) electrons.